The number of benzene rings is 2. The molecule has 0 bridgehead atoms. The highest BCUT2D eigenvalue weighted by molar-refractivity contribution is 7.89. The van der Waals surface area contributed by atoms with Gasteiger partial charge in [0.2, 0.25) is 15.9 Å². The molecule has 1 unspecified atom stereocenters. The van der Waals surface area contributed by atoms with Crippen LogP contribution in [0.4, 0.5) is 5.69 Å². The summed E-state index contributed by atoms with van der Waals surface area (Å²) < 4.78 is 39.4. The second-order valence-corrected chi connectivity index (χ2v) is 8.71. The number of sulfonamides is 1. The van der Waals surface area contributed by atoms with Crippen molar-refractivity contribution in [1.29, 1.82) is 0 Å². The molecule has 0 saturated carbocycles. The van der Waals surface area contributed by atoms with E-state index in [1.807, 2.05) is 25.1 Å². The number of anilines is 1. The van der Waals surface area contributed by atoms with Crippen molar-refractivity contribution >= 4 is 21.6 Å². The molecule has 2 aliphatic rings. The molecule has 1 amide bonds. The molecule has 0 aromatic heterocycles. The number of nitrogens with zero attached hydrogens (tertiary/aromatic N) is 1. The van der Waals surface area contributed by atoms with Crippen LogP contribution in [-0.2, 0) is 14.8 Å². The summed E-state index contributed by atoms with van der Waals surface area (Å²) in [6.07, 6.45) is 0.951. The first-order chi connectivity index (χ1) is 13.4. The zero-order valence-electron chi connectivity index (χ0n) is 15.6. The van der Waals surface area contributed by atoms with Crippen LogP contribution in [0.5, 0.6) is 11.5 Å². The van der Waals surface area contributed by atoms with Gasteiger partial charge in [-0.05, 0) is 49.2 Å². The lowest BCUT2D eigenvalue weighted by molar-refractivity contribution is -0.117. The lowest BCUT2D eigenvalue weighted by Gasteiger charge is -2.26. The van der Waals surface area contributed by atoms with E-state index < -0.39 is 16.1 Å². The van der Waals surface area contributed by atoms with Gasteiger partial charge < -0.3 is 14.4 Å². The molecule has 0 spiro atoms. The smallest absolute Gasteiger partial charge is 0.240 e. The molecular weight excluding hydrogens is 380 g/mol. The van der Waals surface area contributed by atoms with Crippen LogP contribution in [0.15, 0.2) is 47.4 Å². The van der Waals surface area contributed by atoms with Crippen LogP contribution < -0.4 is 19.1 Å². The molecule has 2 aliphatic heterocycles. The van der Waals surface area contributed by atoms with Crippen LogP contribution in [0.3, 0.4) is 0 Å². The Labute approximate surface area is 164 Å². The van der Waals surface area contributed by atoms with E-state index in [4.69, 9.17) is 9.47 Å². The molecule has 1 saturated heterocycles. The molecule has 7 nitrogen and oxygen atoms in total. The van der Waals surface area contributed by atoms with Crippen LogP contribution >= 0.6 is 0 Å². The van der Waals surface area contributed by atoms with E-state index in [1.54, 1.807) is 23.1 Å². The molecule has 1 atom stereocenters. The third kappa shape index (κ3) is 3.70. The minimum Gasteiger partial charge on any atom is -0.486 e. The van der Waals surface area contributed by atoms with Crippen LogP contribution in [0.2, 0.25) is 0 Å². The van der Waals surface area contributed by atoms with E-state index in [2.05, 4.69) is 4.72 Å². The topological polar surface area (TPSA) is 84.9 Å². The predicted molar refractivity (Wildman–Crippen MR) is 104 cm³/mol. The highest BCUT2D eigenvalue weighted by Crippen LogP contribution is 2.31. The Bertz CT molecular complexity index is 1010. The van der Waals surface area contributed by atoms with Gasteiger partial charge in [-0.15, -0.1) is 0 Å². The van der Waals surface area contributed by atoms with Crippen LogP contribution in [0, 0.1) is 6.92 Å². The van der Waals surface area contributed by atoms with Crippen molar-refractivity contribution in [2.24, 2.45) is 0 Å². The lowest BCUT2D eigenvalue weighted by Crippen LogP contribution is -2.40. The van der Waals surface area contributed by atoms with Gasteiger partial charge in [-0.3, -0.25) is 4.79 Å². The first-order valence-corrected chi connectivity index (χ1v) is 10.7. The predicted octanol–water partition coefficient (Wildman–Crippen LogP) is 2.24. The summed E-state index contributed by atoms with van der Waals surface area (Å²) in [5, 5.41) is 0. The zero-order chi connectivity index (χ0) is 19.7. The average Bonchev–Trinajstić information content (AvgIpc) is 3.12. The second kappa shape index (κ2) is 7.44. The number of ether oxygens (including phenoxy) is 2. The maximum absolute atomic E-state index is 12.7. The summed E-state index contributed by atoms with van der Waals surface area (Å²) in [6, 6.07) is 12.1. The first kappa shape index (κ1) is 18.8. The molecule has 28 heavy (non-hydrogen) atoms. The summed E-state index contributed by atoms with van der Waals surface area (Å²) in [5.41, 5.74) is 1.52. The number of carbonyl (C=O) groups is 1. The Kier molecular flexibility index (Phi) is 4.99. The summed E-state index contributed by atoms with van der Waals surface area (Å²) in [4.78, 5) is 13.8. The number of amides is 1. The monoisotopic (exact) mass is 402 g/mol. The van der Waals surface area contributed by atoms with Crippen LogP contribution in [0.1, 0.15) is 18.4 Å². The molecule has 2 aromatic rings. The number of fused-ring (bicyclic) bond motifs is 1. The van der Waals surface area contributed by atoms with E-state index in [1.165, 1.54) is 6.07 Å². The zero-order valence-corrected chi connectivity index (χ0v) is 16.4. The Hall–Kier alpha value is -2.58. The first-order valence-electron chi connectivity index (χ1n) is 9.23. The molecule has 0 aliphatic carbocycles. The van der Waals surface area contributed by atoms with Gasteiger partial charge in [0.25, 0.3) is 0 Å². The quantitative estimate of drug-likeness (QED) is 0.829. The van der Waals surface area contributed by atoms with E-state index in [0.29, 0.717) is 24.5 Å². The van der Waals surface area contributed by atoms with Crippen molar-refractivity contribution in [3.63, 3.8) is 0 Å². The molecule has 1 N–H and O–H groups in total. The minimum absolute atomic E-state index is 0.0755. The molecule has 2 aromatic carbocycles. The van der Waals surface area contributed by atoms with E-state index in [9.17, 15) is 13.2 Å². The average molecular weight is 402 g/mol. The largest absolute Gasteiger partial charge is 0.486 e. The number of nitrogens with one attached hydrogen (secondary N) is 1. The van der Waals surface area contributed by atoms with E-state index in [-0.39, 0.29) is 24.0 Å². The maximum Gasteiger partial charge on any atom is 0.240 e. The fraction of sp³-hybridized carbons (Fsp3) is 0.350. The third-order valence-corrected chi connectivity index (χ3v) is 6.33. The van der Waals surface area contributed by atoms with Gasteiger partial charge in [-0.1, -0.05) is 12.1 Å². The minimum atomic E-state index is -3.70. The van der Waals surface area contributed by atoms with Crippen molar-refractivity contribution in [3.8, 4) is 11.5 Å². The number of carbonyl (C=O) groups excluding carboxylic acids is 1. The molecular formula is C20H22N2O5S. The fourth-order valence-electron chi connectivity index (χ4n) is 3.45. The van der Waals surface area contributed by atoms with Crippen molar-refractivity contribution in [3.05, 3.63) is 48.0 Å². The molecule has 1 fully saturated rings. The van der Waals surface area contributed by atoms with Gasteiger partial charge >= 0.3 is 0 Å². The number of hydrogen-bond acceptors (Lipinski definition) is 5. The fourth-order valence-corrected chi connectivity index (χ4v) is 4.60. The SMILES string of the molecule is Cc1cc(S(=O)(=O)NCC2COc3ccccc3O2)ccc1N1CCCC1=O. The second-order valence-electron chi connectivity index (χ2n) is 6.95. The van der Waals surface area contributed by atoms with Gasteiger partial charge in [-0.2, -0.15) is 0 Å². The van der Waals surface area contributed by atoms with Crippen LogP contribution in [-0.4, -0.2) is 40.1 Å². The number of aryl methyl sites for hydroxylation is 1. The van der Waals surface area contributed by atoms with Crippen molar-refractivity contribution in [1.82, 2.24) is 4.72 Å². The van der Waals surface area contributed by atoms with Crippen molar-refractivity contribution in [2.75, 3.05) is 24.6 Å². The Morgan fingerprint density at radius 3 is 2.68 bits per heavy atom. The summed E-state index contributed by atoms with van der Waals surface area (Å²) in [6.45, 7) is 2.86. The summed E-state index contributed by atoms with van der Waals surface area (Å²) >= 11 is 0. The van der Waals surface area contributed by atoms with Gasteiger partial charge in [0, 0.05) is 18.7 Å². The standard InChI is InChI=1S/C20H22N2O5S/c1-14-11-16(8-9-17(14)22-10-4-7-20(22)23)28(24,25)21-12-15-13-26-18-5-2-3-6-19(18)27-15/h2-3,5-6,8-9,11,15,21H,4,7,10,12-13H2,1H3. The number of hydrogen-bond donors (Lipinski definition) is 1. The van der Waals surface area contributed by atoms with Crippen LogP contribution in [0.25, 0.3) is 0 Å². The van der Waals surface area contributed by atoms with Crippen molar-refractivity contribution in [2.45, 2.75) is 30.8 Å². The normalized spacial score (nSPS) is 19.1. The lowest BCUT2D eigenvalue weighted by atomic mass is 10.2. The third-order valence-electron chi connectivity index (χ3n) is 4.91. The summed E-state index contributed by atoms with van der Waals surface area (Å²) in [5.74, 6) is 1.34. The van der Waals surface area contributed by atoms with E-state index >= 15 is 0 Å². The maximum atomic E-state index is 12.7. The Balaban J connectivity index is 1.44. The van der Waals surface area contributed by atoms with Gasteiger partial charge in [0.05, 0.1) is 11.4 Å². The van der Waals surface area contributed by atoms with Crippen molar-refractivity contribution < 1.29 is 22.7 Å². The van der Waals surface area contributed by atoms with Gasteiger partial charge in [0.1, 0.15) is 12.7 Å². The Morgan fingerprint density at radius 1 is 1.18 bits per heavy atom. The molecule has 148 valence electrons. The molecule has 4 rings (SSSR count). The molecule has 0 radical (unpaired) electrons. The van der Waals surface area contributed by atoms with Gasteiger partial charge in [-0.25, -0.2) is 13.1 Å². The number of para-hydroxylation sites is 2. The van der Waals surface area contributed by atoms with E-state index in [0.717, 1.165) is 17.7 Å². The number of rotatable bonds is 5. The Morgan fingerprint density at radius 2 is 1.96 bits per heavy atom. The molecule has 8 heteroatoms. The van der Waals surface area contributed by atoms with Gasteiger partial charge in [0.15, 0.2) is 11.5 Å². The molecule has 2 heterocycles. The highest BCUT2D eigenvalue weighted by Gasteiger charge is 2.26. The highest BCUT2D eigenvalue weighted by atomic mass is 32.2. The summed E-state index contributed by atoms with van der Waals surface area (Å²) in [7, 11) is -3.70.